The average molecular weight is 401 g/mol. The first kappa shape index (κ1) is 19.8. The number of para-hydroxylation sites is 1. The molecule has 0 radical (unpaired) electrons. The van der Waals surface area contributed by atoms with Crippen LogP contribution in [0.4, 0.5) is 11.4 Å². The molecule has 30 heavy (non-hydrogen) atoms. The maximum absolute atomic E-state index is 13.6. The van der Waals surface area contributed by atoms with E-state index in [1.165, 1.54) is 0 Å². The number of rotatable bonds is 3. The summed E-state index contributed by atoms with van der Waals surface area (Å²) in [5.74, 6) is -0.324. The van der Waals surface area contributed by atoms with Gasteiger partial charge in [-0.05, 0) is 56.0 Å². The number of fused-ring (bicyclic) bond motifs is 1. The number of pyridine rings is 1. The van der Waals surface area contributed by atoms with Crippen molar-refractivity contribution in [3.05, 3.63) is 88.7 Å². The summed E-state index contributed by atoms with van der Waals surface area (Å²) in [5, 5.41) is 3.10. The Balaban J connectivity index is 1.84. The Morgan fingerprint density at radius 1 is 0.967 bits per heavy atom. The van der Waals surface area contributed by atoms with Crippen LogP contribution in [0.2, 0.25) is 0 Å². The van der Waals surface area contributed by atoms with E-state index in [0.717, 1.165) is 39.3 Å². The normalized spacial score (nSPS) is 15.7. The van der Waals surface area contributed by atoms with Crippen LogP contribution in [-0.2, 0) is 16.1 Å². The second kappa shape index (κ2) is 7.75. The molecule has 1 N–H and O–H groups in total. The van der Waals surface area contributed by atoms with Crippen LogP contribution in [0.5, 0.6) is 0 Å². The summed E-state index contributed by atoms with van der Waals surface area (Å²) in [4.78, 5) is 28.5. The van der Waals surface area contributed by atoms with Gasteiger partial charge in [-0.1, -0.05) is 36.4 Å². The van der Waals surface area contributed by atoms with Crippen molar-refractivity contribution in [1.29, 1.82) is 0 Å². The van der Waals surface area contributed by atoms with Crippen molar-refractivity contribution in [2.24, 2.45) is 0 Å². The molecule has 152 valence electrons. The first-order chi connectivity index (χ1) is 14.4. The van der Waals surface area contributed by atoms with E-state index in [-0.39, 0.29) is 18.4 Å². The molecule has 3 aromatic rings. The zero-order valence-electron chi connectivity index (χ0n) is 17.8. The van der Waals surface area contributed by atoms with Crippen LogP contribution >= 0.6 is 0 Å². The highest BCUT2D eigenvalue weighted by Gasteiger charge is 2.44. The molecule has 5 heteroatoms. The SMILES string of the molecule is Cc1ccc(C)c(N2C(=O)C[n+]3ccccc3[C@@H]2C(=O)Nc2c(C)cccc2C)c1. The van der Waals surface area contributed by atoms with Gasteiger partial charge in [0.2, 0.25) is 18.3 Å². The van der Waals surface area contributed by atoms with Gasteiger partial charge in [0.1, 0.15) is 0 Å². The molecule has 1 atom stereocenters. The summed E-state index contributed by atoms with van der Waals surface area (Å²) in [7, 11) is 0. The van der Waals surface area contributed by atoms with E-state index in [0.29, 0.717) is 0 Å². The quantitative estimate of drug-likeness (QED) is 0.677. The Labute approximate surface area is 177 Å². The summed E-state index contributed by atoms with van der Waals surface area (Å²) in [5.41, 5.74) is 6.35. The molecular weight excluding hydrogens is 374 g/mol. The minimum atomic E-state index is -0.757. The number of nitrogens with one attached hydrogen (secondary N) is 1. The molecule has 5 nitrogen and oxygen atoms in total. The van der Waals surface area contributed by atoms with Crippen LogP contribution in [0.25, 0.3) is 0 Å². The van der Waals surface area contributed by atoms with E-state index in [4.69, 9.17) is 0 Å². The highest BCUT2D eigenvalue weighted by Crippen LogP contribution is 2.33. The molecule has 1 aromatic heterocycles. The molecule has 2 amide bonds. The van der Waals surface area contributed by atoms with Gasteiger partial charge in [0.25, 0.3) is 11.8 Å². The summed E-state index contributed by atoms with van der Waals surface area (Å²) in [6.45, 7) is 8.11. The first-order valence-corrected chi connectivity index (χ1v) is 10.1. The van der Waals surface area contributed by atoms with E-state index in [9.17, 15) is 9.59 Å². The Morgan fingerprint density at radius 3 is 2.43 bits per heavy atom. The van der Waals surface area contributed by atoms with Crippen molar-refractivity contribution >= 4 is 23.2 Å². The highest BCUT2D eigenvalue weighted by atomic mass is 16.2. The lowest BCUT2D eigenvalue weighted by Gasteiger charge is -2.33. The van der Waals surface area contributed by atoms with Gasteiger partial charge in [-0.2, -0.15) is 4.57 Å². The molecule has 2 aromatic carbocycles. The van der Waals surface area contributed by atoms with Crippen molar-refractivity contribution in [2.45, 2.75) is 40.3 Å². The first-order valence-electron chi connectivity index (χ1n) is 10.1. The Kier molecular flexibility index (Phi) is 5.12. The molecule has 0 aliphatic carbocycles. The number of aryl methyl sites for hydroxylation is 4. The van der Waals surface area contributed by atoms with Crippen LogP contribution in [0.15, 0.2) is 60.8 Å². The fourth-order valence-corrected chi connectivity index (χ4v) is 4.09. The van der Waals surface area contributed by atoms with Crippen LogP contribution in [0.3, 0.4) is 0 Å². The second-order valence-corrected chi connectivity index (χ2v) is 7.97. The standard InChI is InChI=1S/C25H25N3O2/c1-16-11-12-17(2)21(14-16)28-22(29)15-27-13-6-5-10-20(27)24(28)25(30)26-23-18(3)8-7-9-19(23)4/h5-14,24H,15H2,1-4H3/p+1/t24-/m1/s1. The molecule has 0 saturated heterocycles. The van der Waals surface area contributed by atoms with Crippen molar-refractivity contribution in [1.82, 2.24) is 0 Å². The van der Waals surface area contributed by atoms with Crippen molar-refractivity contribution in [3.8, 4) is 0 Å². The van der Waals surface area contributed by atoms with Gasteiger partial charge in [0.15, 0.2) is 6.20 Å². The summed E-state index contributed by atoms with van der Waals surface area (Å²) in [6, 6.07) is 16.8. The minimum Gasteiger partial charge on any atom is -0.323 e. The van der Waals surface area contributed by atoms with Crippen LogP contribution in [0, 0.1) is 27.7 Å². The number of carbonyl (C=O) groups is 2. The number of aromatic nitrogens is 1. The molecule has 2 heterocycles. The lowest BCUT2D eigenvalue weighted by molar-refractivity contribution is -0.695. The average Bonchev–Trinajstić information content (AvgIpc) is 2.71. The monoisotopic (exact) mass is 400 g/mol. The topological polar surface area (TPSA) is 53.3 Å². The molecule has 1 aliphatic rings. The van der Waals surface area contributed by atoms with Crippen molar-refractivity contribution < 1.29 is 14.2 Å². The molecule has 0 unspecified atom stereocenters. The largest absolute Gasteiger partial charge is 0.323 e. The van der Waals surface area contributed by atoms with Gasteiger partial charge in [-0.15, -0.1) is 0 Å². The van der Waals surface area contributed by atoms with E-state index in [2.05, 4.69) is 5.32 Å². The van der Waals surface area contributed by atoms with E-state index in [1.54, 1.807) is 4.90 Å². The van der Waals surface area contributed by atoms with Crippen molar-refractivity contribution in [3.63, 3.8) is 0 Å². The van der Waals surface area contributed by atoms with Crippen LogP contribution in [0.1, 0.15) is 34.0 Å². The van der Waals surface area contributed by atoms with E-state index >= 15 is 0 Å². The molecule has 0 bridgehead atoms. The lowest BCUT2D eigenvalue weighted by Crippen LogP contribution is -2.58. The summed E-state index contributed by atoms with van der Waals surface area (Å²) in [6.07, 6.45) is 1.85. The van der Waals surface area contributed by atoms with E-state index < -0.39 is 6.04 Å². The maximum atomic E-state index is 13.6. The lowest BCUT2D eigenvalue weighted by atomic mass is 10.0. The fourth-order valence-electron chi connectivity index (χ4n) is 4.09. The molecule has 4 rings (SSSR count). The molecule has 0 fully saturated rings. The van der Waals surface area contributed by atoms with Gasteiger partial charge in [0.05, 0.1) is 0 Å². The summed E-state index contributed by atoms with van der Waals surface area (Å²) >= 11 is 0. The molecular formula is C25H26N3O2+. The van der Waals surface area contributed by atoms with Gasteiger partial charge >= 0.3 is 0 Å². The third-order valence-corrected chi connectivity index (χ3v) is 5.69. The zero-order valence-corrected chi connectivity index (χ0v) is 17.8. The smallest absolute Gasteiger partial charge is 0.294 e. The minimum absolute atomic E-state index is 0.103. The van der Waals surface area contributed by atoms with Crippen LogP contribution < -0.4 is 14.8 Å². The van der Waals surface area contributed by atoms with Gasteiger partial charge < -0.3 is 5.32 Å². The predicted molar refractivity (Wildman–Crippen MR) is 117 cm³/mol. The molecule has 0 spiro atoms. The van der Waals surface area contributed by atoms with Gasteiger partial charge in [0, 0.05) is 23.5 Å². The number of hydrogen-bond donors (Lipinski definition) is 1. The number of anilines is 2. The number of amides is 2. The van der Waals surface area contributed by atoms with Crippen LogP contribution in [-0.4, -0.2) is 11.8 Å². The Bertz CT molecular complexity index is 1130. The zero-order chi connectivity index (χ0) is 21.4. The Morgan fingerprint density at radius 2 is 1.70 bits per heavy atom. The number of benzene rings is 2. The molecule has 1 aliphatic heterocycles. The highest BCUT2D eigenvalue weighted by molar-refractivity contribution is 6.06. The number of nitrogens with zero attached hydrogens (tertiary/aromatic N) is 2. The third kappa shape index (κ3) is 3.47. The summed E-state index contributed by atoms with van der Waals surface area (Å²) < 4.78 is 1.86. The third-order valence-electron chi connectivity index (χ3n) is 5.69. The number of carbonyl (C=O) groups excluding carboxylic acids is 2. The van der Waals surface area contributed by atoms with Gasteiger partial charge in [-0.25, -0.2) is 0 Å². The van der Waals surface area contributed by atoms with E-state index in [1.807, 2.05) is 93.1 Å². The maximum Gasteiger partial charge on any atom is 0.294 e. The predicted octanol–water partition coefficient (Wildman–Crippen LogP) is 3.93. The Hall–Kier alpha value is -3.47. The van der Waals surface area contributed by atoms with Gasteiger partial charge in [-0.3, -0.25) is 14.5 Å². The van der Waals surface area contributed by atoms with Crippen molar-refractivity contribution in [2.75, 3.05) is 10.2 Å². The second-order valence-electron chi connectivity index (χ2n) is 7.97. The molecule has 0 saturated carbocycles. The number of hydrogen-bond acceptors (Lipinski definition) is 2. The fraction of sp³-hybridized carbons (Fsp3) is 0.240.